The highest BCUT2D eigenvalue weighted by atomic mass is 35.5. The van der Waals surface area contributed by atoms with E-state index in [0.29, 0.717) is 21.8 Å². The molecular formula is C26H19Cl3FN5O4. The van der Waals surface area contributed by atoms with E-state index in [4.69, 9.17) is 39.5 Å². The van der Waals surface area contributed by atoms with Gasteiger partial charge in [-0.25, -0.2) is 14.4 Å². The highest BCUT2D eigenvalue weighted by Crippen LogP contribution is 2.34. The normalized spacial score (nSPS) is 16.4. The van der Waals surface area contributed by atoms with Gasteiger partial charge in [0, 0.05) is 22.2 Å². The van der Waals surface area contributed by atoms with Gasteiger partial charge in [0.2, 0.25) is 12.0 Å². The maximum Gasteiger partial charge on any atom is 0.269 e. The molecule has 1 aliphatic carbocycles. The zero-order valence-electron chi connectivity index (χ0n) is 19.9. The van der Waals surface area contributed by atoms with Gasteiger partial charge < -0.3 is 20.7 Å². The van der Waals surface area contributed by atoms with Gasteiger partial charge in [0.05, 0.1) is 27.6 Å². The number of para-hydroxylation sites is 1. The van der Waals surface area contributed by atoms with Crippen LogP contribution in [0.4, 0.5) is 10.1 Å². The average Bonchev–Trinajstić information content (AvgIpc) is 3.71. The molecule has 39 heavy (non-hydrogen) atoms. The van der Waals surface area contributed by atoms with Gasteiger partial charge in [-0.1, -0.05) is 53.0 Å². The second kappa shape index (κ2) is 11.2. The Bertz CT molecular complexity index is 1510. The lowest BCUT2D eigenvalue weighted by Crippen LogP contribution is -2.42. The van der Waals surface area contributed by atoms with Crippen LogP contribution in [0.5, 0.6) is 5.88 Å². The molecule has 2 heterocycles. The van der Waals surface area contributed by atoms with Gasteiger partial charge in [0.15, 0.2) is 6.61 Å². The van der Waals surface area contributed by atoms with Gasteiger partial charge in [-0.2, -0.15) is 0 Å². The number of benzene rings is 2. The van der Waals surface area contributed by atoms with E-state index in [-0.39, 0.29) is 33.2 Å². The van der Waals surface area contributed by atoms with E-state index in [2.05, 4.69) is 25.9 Å². The first-order valence-electron chi connectivity index (χ1n) is 11.7. The molecule has 0 spiro atoms. The molecule has 3 aromatic rings. The molecule has 1 aliphatic heterocycles. The minimum atomic E-state index is -1.49. The minimum Gasteiger partial charge on any atom is -0.467 e. The number of carbonyl (C=O) groups excluding carboxylic acids is 3. The van der Waals surface area contributed by atoms with E-state index < -0.39 is 36.3 Å². The quantitative estimate of drug-likeness (QED) is 0.377. The average molecular weight is 591 g/mol. The summed E-state index contributed by atoms with van der Waals surface area (Å²) in [6.45, 7) is -0.426. The number of rotatable bonds is 7. The van der Waals surface area contributed by atoms with Crippen LogP contribution in [0.25, 0.3) is 0 Å². The number of hydrogen-bond acceptors (Lipinski definition) is 6. The van der Waals surface area contributed by atoms with Crippen molar-refractivity contribution in [1.29, 1.82) is 0 Å². The molecule has 5 rings (SSSR count). The van der Waals surface area contributed by atoms with Gasteiger partial charge in [-0.15, -0.1) is 0 Å². The molecule has 0 saturated heterocycles. The standard InChI is InChI=1S/C26H19Cl3FN5O4/c27-12-7-17(28)21(18(29)8-12)22-15-3-1-2-4-19(15)33-25(38)23(34-22)35-24(37)16-9-13(30)10-31-26(16)39-11-20(36)32-14-5-6-14/h1-4,7-10,14,23H,5-6,11H2,(H,32,36)(H,33,38)(H,35,37). The Morgan fingerprint density at radius 2 is 1.79 bits per heavy atom. The zero-order valence-corrected chi connectivity index (χ0v) is 22.2. The molecule has 13 heteroatoms. The number of nitrogens with zero attached hydrogens (tertiary/aromatic N) is 2. The van der Waals surface area contributed by atoms with Gasteiger partial charge in [0.25, 0.3) is 17.7 Å². The van der Waals surface area contributed by atoms with Crippen LogP contribution < -0.4 is 20.7 Å². The number of carbonyl (C=O) groups is 3. The largest absolute Gasteiger partial charge is 0.467 e. The minimum absolute atomic E-state index is 0.109. The smallest absolute Gasteiger partial charge is 0.269 e. The zero-order chi connectivity index (χ0) is 27.7. The number of hydrogen-bond donors (Lipinski definition) is 3. The van der Waals surface area contributed by atoms with Crippen molar-refractivity contribution in [2.45, 2.75) is 25.0 Å². The number of halogens is 4. The highest BCUT2D eigenvalue weighted by Gasteiger charge is 2.30. The van der Waals surface area contributed by atoms with Crippen molar-refractivity contribution < 1.29 is 23.5 Å². The van der Waals surface area contributed by atoms with Crippen molar-refractivity contribution in [2.75, 3.05) is 11.9 Å². The third-order valence-electron chi connectivity index (χ3n) is 5.80. The van der Waals surface area contributed by atoms with E-state index in [1.54, 1.807) is 24.3 Å². The van der Waals surface area contributed by atoms with Gasteiger partial charge in [0.1, 0.15) is 11.4 Å². The summed E-state index contributed by atoms with van der Waals surface area (Å²) >= 11 is 19.0. The Morgan fingerprint density at radius 1 is 1.08 bits per heavy atom. The number of fused-ring (bicyclic) bond motifs is 1. The fourth-order valence-corrected chi connectivity index (χ4v) is 4.86. The van der Waals surface area contributed by atoms with Crippen LogP contribution in [0, 0.1) is 5.82 Å². The number of amides is 3. The monoisotopic (exact) mass is 589 g/mol. The molecule has 3 amide bonds. The molecule has 3 N–H and O–H groups in total. The van der Waals surface area contributed by atoms with Crippen LogP contribution in [-0.2, 0) is 9.59 Å². The first-order chi connectivity index (χ1) is 18.7. The summed E-state index contributed by atoms with van der Waals surface area (Å²) in [4.78, 5) is 46.7. The fraction of sp³-hybridized carbons (Fsp3) is 0.192. The first kappa shape index (κ1) is 26.9. The van der Waals surface area contributed by atoms with Crippen LogP contribution in [0.15, 0.2) is 53.7 Å². The number of ether oxygens (including phenoxy) is 1. The number of benzodiazepines with no additional fused rings is 1. The van der Waals surface area contributed by atoms with Crippen LogP contribution in [0.1, 0.15) is 34.3 Å². The third kappa shape index (κ3) is 6.13. The number of pyridine rings is 1. The van der Waals surface area contributed by atoms with E-state index >= 15 is 0 Å². The Morgan fingerprint density at radius 3 is 2.51 bits per heavy atom. The Balaban J connectivity index is 1.47. The summed E-state index contributed by atoms with van der Waals surface area (Å²) in [6.07, 6.45) is 1.13. The summed E-state index contributed by atoms with van der Waals surface area (Å²) in [5.41, 5.74) is 1.07. The van der Waals surface area contributed by atoms with E-state index in [0.717, 1.165) is 25.1 Å². The molecule has 200 valence electrons. The molecule has 1 fully saturated rings. The second-order valence-electron chi connectivity index (χ2n) is 8.77. The van der Waals surface area contributed by atoms with Gasteiger partial charge >= 0.3 is 0 Å². The topological polar surface area (TPSA) is 122 Å². The van der Waals surface area contributed by atoms with Gasteiger partial charge in [-0.05, 0) is 37.1 Å². The van der Waals surface area contributed by atoms with Gasteiger partial charge in [-0.3, -0.25) is 14.4 Å². The third-order valence-corrected chi connectivity index (χ3v) is 6.62. The van der Waals surface area contributed by atoms with Crippen molar-refractivity contribution >= 4 is 63.9 Å². The number of nitrogens with one attached hydrogen (secondary N) is 3. The number of aromatic nitrogens is 1. The summed E-state index contributed by atoms with van der Waals surface area (Å²) in [5.74, 6) is -3.10. The molecule has 0 radical (unpaired) electrons. The summed E-state index contributed by atoms with van der Waals surface area (Å²) < 4.78 is 19.5. The fourth-order valence-electron chi connectivity index (χ4n) is 3.86. The van der Waals surface area contributed by atoms with E-state index in [1.165, 1.54) is 12.1 Å². The van der Waals surface area contributed by atoms with E-state index in [9.17, 15) is 18.8 Å². The second-order valence-corrected chi connectivity index (χ2v) is 10.0. The Hall–Kier alpha value is -3.73. The molecular weight excluding hydrogens is 572 g/mol. The van der Waals surface area contributed by atoms with Crippen LogP contribution in [0.2, 0.25) is 15.1 Å². The first-order valence-corrected chi connectivity index (χ1v) is 12.8. The van der Waals surface area contributed by atoms with Crippen LogP contribution in [0.3, 0.4) is 0 Å². The molecule has 2 aliphatic rings. The molecule has 1 aromatic heterocycles. The molecule has 1 saturated carbocycles. The maximum atomic E-state index is 14.1. The summed E-state index contributed by atoms with van der Waals surface area (Å²) in [7, 11) is 0. The molecule has 1 atom stereocenters. The summed E-state index contributed by atoms with van der Waals surface area (Å²) in [6, 6.07) is 10.7. The number of aliphatic imine (C=N–C) groups is 1. The van der Waals surface area contributed by atoms with E-state index in [1.807, 2.05) is 0 Å². The SMILES string of the molecule is O=C(COc1ncc(F)cc1C(=O)NC1N=C(c2c(Cl)cc(Cl)cc2Cl)c2ccccc2NC1=O)NC1CC1. The lowest BCUT2D eigenvalue weighted by Gasteiger charge is -2.16. The van der Waals surface area contributed by atoms with Crippen molar-refractivity contribution in [3.63, 3.8) is 0 Å². The number of anilines is 1. The maximum absolute atomic E-state index is 14.1. The van der Waals surface area contributed by atoms with Crippen molar-refractivity contribution in [1.82, 2.24) is 15.6 Å². The predicted octanol–water partition coefficient (Wildman–Crippen LogP) is 4.38. The lowest BCUT2D eigenvalue weighted by molar-refractivity contribution is -0.123. The molecule has 0 bridgehead atoms. The molecule has 2 aromatic carbocycles. The van der Waals surface area contributed by atoms with Crippen molar-refractivity contribution in [3.8, 4) is 5.88 Å². The molecule has 1 unspecified atom stereocenters. The van der Waals surface area contributed by atoms with Crippen molar-refractivity contribution in [2.24, 2.45) is 4.99 Å². The predicted molar refractivity (Wildman–Crippen MR) is 144 cm³/mol. The van der Waals surface area contributed by atoms with Crippen LogP contribution in [-0.4, -0.2) is 47.2 Å². The van der Waals surface area contributed by atoms with Crippen molar-refractivity contribution in [3.05, 3.63) is 86.2 Å². The summed E-state index contributed by atoms with van der Waals surface area (Å²) in [5, 5.41) is 8.57. The van der Waals surface area contributed by atoms with Crippen LogP contribution >= 0.6 is 34.8 Å². The Kier molecular flexibility index (Phi) is 7.69. The lowest BCUT2D eigenvalue weighted by atomic mass is 10.0. The highest BCUT2D eigenvalue weighted by molar-refractivity contribution is 6.44. The molecule has 9 nitrogen and oxygen atoms in total. The Labute approximate surface area is 236 Å².